The smallest absolute Gasteiger partial charge is 0.404 e. The van der Waals surface area contributed by atoms with Crippen molar-refractivity contribution in [3.05, 3.63) is 63.9 Å². The van der Waals surface area contributed by atoms with Gasteiger partial charge in [0.15, 0.2) is 5.16 Å². The van der Waals surface area contributed by atoms with Crippen LogP contribution in [0.25, 0.3) is 33.4 Å². The van der Waals surface area contributed by atoms with Crippen molar-refractivity contribution in [3.8, 4) is 22.4 Å². The lowest BCUT2D eigenvalue weighted by atomic mass is 9.86. The van der Waals surface area contributed by atoms with E-state index in [0.29, 0.717) is 39.2 Å². The Kier molecular flexibility index (Phi) is 7.62. The largest absolute Gasteiger partial charge is 0.465 e. The van der Waals surface area contributed by atoms with Gasteiger partial charge in [-0.15, -0.1) is 0 Å². The second-order valence-electron chi connectivity index (χ2n) is 9.52. The highest BCUT2D eigenvalue weighted by atomic mass is 35.5. The summed E-state index contributed by atoms with van der Waals surface area (Å²) in [5.41, 5.74) is 3.85. The maximum absolute atomic E-state index is 13.9. The first-order chi connectivity index (χ1) is 18.3. The summed E-state index contributed by atoms with van der Waals surface area (Å²) in [4.78, 5) is 42.8. The second kappa shape index (κ2) is 11.1. The van der Waals surface area contributed by atoms with Gasteiger partial charge in [-0.25, -0.2) is 19.7 Å². The average molecular weight is 551 g/mol. The molecule has 1 aliphatic rings. The zero-order valence-corrected chi connectivity index (χ0v) is 22.6. The van der Waals surface area contributed by atoms with Crippen molar-refractivity contribution in [2.75, 3.05) is 6.26 Å². The van der Waals surface area contributed by atoms with Gasteiger partial charge in [0.25, 0.3) is 5.56 Å². The van der Waals surface area contributed by atoms with Crippen molar-refractivity contribution in [1.29, 1.82) is 0 Å². The number of amides is 1. The maximum atomic E-state index is 13.9. The van der Waals surface area contributed by atoms with Crippen molar-refractivity contribution in [2.45, 2.75) is 50.4 Å². The van der Waals surface area contributed by atoms with Crippen molar-refractivity contribution < 1.29 is 9.90 Å². The molecule has 1 aromatic carbocycles. The van der Waals surface area contributed by atoms with E-state index in [1.54, 1.807) is 35.3 Å². The molecule has 196 valence electrons. The Bertz CT molecular complexity index is 1570. The lowest BCUT2D eigenvalue weighted by Gasteiger charge is -2.29. The Morgan fingerprint density at radius 1 is 1.13 bits per heavy atom. The number of hydrogen-bond donors (Lipinski definition) is 2. The van der Waals surface area contributed by atoms with Gasteiger partial charge < -0.3 is 10.4 Å². The Balaban J connectivity index is 1.54. The molecule has 0 bridgehead atoms. The van der Waals surface area contributed by atoms with Crippen molar-refractivity contribution >= 4 is 40.5 Å². The molecule has 3 heterocycles. The number of fused-ring (bicyclic) bond motifs is 1. The van der Waals surface area contributed by atoms with Crippen LogP contribution in [0.3, 0.4) is 0 Å². The predicted molar refractivity (Wildman–Crippen MR) is 149 cm³/mol. The number of pyridine rings is 1. The van der Waals surface area contributed by atoms with E-state index in [9.17, 15) is 9.59 Å². The van der Waals surface area contributed by atoms with E-state index in [1.807, 2.05) is 25.3 Å². The third-order valence-corrected chi connectivity index (χ3v) is 7.79. The summed E-state index contributed by atoms with van der Waals surface area (Å²) >= 11 is 8.16. The molecule has 9 nitrogen and oxygen atoms in total. The van der Waals surface area contributed by atoms with E-state index in [1.165, 1.54) is 11.8 Å². The summed E-state index contributed by atoms with van der Waals surface area (Å²) in [5, 5.41) is 13.4. The van der Waals surface area contributed by atoms with Gasteiger partial charge in [0, 0.05) is 52.1 Å². The van der Waals surface area contributed by atoms with Crippen LogP contribution in [0.15, 0.2) is 52.8 Å². The Morgan fingerprint density at radius 3 is 2.61 bits per heavy atom. The van der Waals surface area contributed by atoms with Crippen LogP contribution in [0, 0.1) is 12.8 Å². The van der Waals surface area contributed by atoms with Gasteiger partial charge in [0.2, 0.25) is 0 Å². The zero-order chi connectivity index (χ0) is 26.8. The lowest BCUT2D eigenvalue weighted by molar-refractivity contribution is 0.181. The number of carboxylic acid groups (broad SMARTS) is 1. The molecule has 0 radical (unpaired) electrons. The molecule has 1 fully saturated rings. The molecule has 0 atom stereocenters. The quantitative estimate of drug-likeness (QED) is 0.241. The molecule has 3 aromatic heterocycles. The van der Waals surface area contributed by atoms with Gasteiger partial charge in [-0.05, 0) is 56.9 Å². The van der Waals surface area contributed by atoms with Gasteiger partial charge in [-0.3, -0.25) is 14.3 Å². The van der Waals surface area contributed by atoms with E-state index in [-0.39, 0.29) is 17.5 Å². The van der Waals surface area contributed by atoms with Crippen LogP contribution < -0.4 is 10.9 Å². The highest BCUT2D eigenvalue weighted by molar-refractivity contribution is 7.98. The summed E-state index contributed by atoms with van der Waals surface area (Å²) < 4.78 is 1.73. The third kappa shape index (κ3) is 5.51. The Morgan fingerprint density at radius 2 is 1.92 bits per heavy atom. The van der Waals surface area contributed by atoms with Crippen molar-refractivity contribution in [1.82, 2.24) is 29.8 Å². The van der Waals surface area contributed by atoms with Gasteiger partial charge in [0.1, 0.15) is 5.65 Å². The van der Waals surface area contributed by atoms with E-state index in [4.69, 9.17) is 16.7 Å². The lowest BCUT2D eigenvalue weighted by Crippen LogP contribution is -2.38. The van der Waals surface area contributed by atoms with Gasteiger partial charge in [0.05, 0.1) is 17.6 Å². The molecule has 1 aliphatic carbocycles. The second-order valence-corrected chi connectivity index (χ2v) is 10.7. The molecule has 0 spiro atoms. The van der Waals surface area contributed by atoms with Crippen LogP contribution in [0.4, 0.5) is 4.79 Å². The first-order valence-electron chi connectivity index (χ1n) is 12.4. The normalized spacial score (nSPS) is 17.4. The van der Waals surface area contributed by atoms with Crippen LogP contribution in [0.1, 0.15) is 31.4 Å². The van der Waals surface area contributed by atoms with Gasteiger partial charge >= 0.3 is 6.09 Å². The summed E-state index contributed by atoms with van der Waals surface area (Å²) in [7, 11) is 0. The molecular formula is C27H27ClN6O3S. The summed E-state index contributed by atoms with van der Waals surface area (Å²) in [6.45, 7) is 2.37. The Hall–Kier alpha value is -3.50. The fourth-order valence-corrected chi connectivity index (χ4v) is 5.64. The average Bonchev–Trinajstić information content (AvgIpc) is 2.90. The Labute approximate surface area is 228 Å². The third-order valence-electron chi connectivity index (χ3n) is 6.91. The topological polar surface area (TPSA) is 123 Å². The summed E-state index contributed by atoms with van der Waals surface area (Å²) in [6, 6.07) is 7.29. The van der Waals surface area contributed by atoms with E-state index in [0.717, 1.165) is 42.3 Å². The standard InChI is InChI=1S/C27H27ClN6O3S/c1-15-11-29-13-23(31-15)17-5-8-20(22(28)10-17)21-9-18-12-30-26(38-2)33-24(18)34(25(21)35)14-16-3-6-19(7-4-16)32-27(36)37/h5,8-13,16,19,32H,3-4,6-7,14H2,1-2H3,(H,36,37). The van der Waals surface area contributed by atoms with Crippen LogP contribution >= 0.6 is 23.4 Å². The van der Waals surface area contributed by atoms with E-state index < -0.39 is 6.09 Å². The minimum atomic E-state index is -0.998. The number of halogens is 1. The maximum Gasteiger partial charge on any atom is 0.404 e. The van der Waals surface area contributed by atoms with Crippen molar-refractivity contribution in [3.63, 3.8) is 0 Å². The highest BCUT2D eigenvalue weighted by Crippen LogP contribution is 2.32. The molecule has 1 amide bonds. The van der Waals surface area contributed by atoms with E-state index >= 15 is 0 Å². The first kappa shape index (κ1) is 26.1. The summed E-state index contributed by atoms with van der Waals surface area (Å²) in [5.74, 6) is 0.225. The van der Waals surface area contributed by atoms with Crippen LogP contribution in [-0.4, -0.2) is 48.0 Å². The van der Waals surface area contributed by atoms with Crippen LogP contribution in [0.5, 0.6) is 0 Å². The summed E-state index contributed by atoms with van der Waals surface area (Å²) in [6.07, 6.45) is 9.13. The fourth-order valence-electron chi connectivity index (χ4n) is 5.02. The van der Waals surface area contributed by atoms with Crippen LogP contribution in [0.2, 0.25) is 5.02 Å². The first-order valence-corrected chi connectivity index (χ1v) is 14.0. The number of benzene rings is 1. The molecule has 0 aliphatic heterocycles. The van der Waals surface area contributed by atoms with Crippen molar-refractivity contribution in [2.24, 2.45) is 5.92 Å². The number of nitrogens with one attached hydrogen (secondary N) is 1. The minimum Gasteiger partial charge on any atom is -0.465 e. The van der Waals surface area contributed by atoms with Gasteiger partial charge in [-0.1, -0.05) is 35.5 Å². The number of carbonyl (C=O) groups is 1. The molecule has 11 heteroatoms. The molecule has 1 saturated carbocycles. The minimum absolute atomic E-state index is 0.0515. The fraction of sp³-hybridized carbons (Fsp3) is 0.333. The molecule has 38 heavy (non-hydrogen) atoms. The van der Waals surface area contributed by atoms with Gasteiger partial charge in [-0.2, -0.15) is 0 Å². The number of rotatable bonds is 6. The number of aryl methyl sites for hydroxylation is 1. The molecular weight excluding hydrogens is 524 g/mol. The predicted octanol–water partition coefficient (Wildman–Crippen LogP) is 5.43. The monoisotopic (exact) mass is 550 g/mol. The highest BCUT2D eigenvalue weighted by Gasteiger charge is 2.25. The number of thioether (sulfide) groups is 1. The number of nitrogens with zero attached hydrogens (tertiary/aromatic N) is 5. The molecule has 5 rings (SSSR count). The molecule has 0 saturated heterocycles. The van der Waals surface area contributed by atoms with E-state index in [2.05, 4.69) is 25.3 Å². The van der Waals surface area contributed by atoms with Crippen LogP contribution in [-0.2, 0) is 6.54 Å². The number of aromatic nitrogens is 5. The SMILES string of the molecule is CSc1ncc2cc(-c3ccc(-c4cncc(C)n4)cc3Cl)c(=O)n(CC3CCC(NC(=O)O)CC3)c2n1. The molecule has 4 aromatic rings. The molecule has 0 unspecified atom stereocenters. The molecule has 2 N–H and O–H groups in total. The number of hydrogen-bond acceptors (Lipinski definition) is 7. The zero-order valence-electron chi connectivity index (χ0n) is 21.0.